The summed E-state index contributed by atoms with van der Waals surface area (Å²) in [7, 11) is 0. The summed E-state index contributed by atoms with van der Waals surface area (Å²) in [4.78, 5) is 25.9. The summed E-state index contributed by atoms with van der Waals surface area (Å²) in [6.45, 7) is 2.37. The minimum atomic E-state index is -0.601. The van der Waals surface area contributed by atoms with Crippen molar-refractivity contribution in [1.29, 1.82) is 0 Å². The molecular weight excluding hydrogens is 369 g/mol. The smallest absolute Gasteiger partial charge is 0.244 e. The van der Waals surface area contributed by atoms with Crippen molar-refractivity contribution in [3.8, 4) is 0 Å². The predicted octanol–water partition coefficient (Wildman–Crippen LogP) is 2.57. The van der Waals surface area contributed by atoms with Gasteiger partial charge < -0.3 is 10.2 Å². The first-order valence-electron chi connectivity index (χ1n) is 8.91. The van der Waals surface area contributed by atoms with E-state index in [0.29, 0.717) is 30.2 Å². The van der Waals surface area contributed by atoms with E-state index >= 15 is 0 Å². The molecular formula is C19H19ClFN5O. The van der Waals surface area contributed by atoms with E-state index < -0.39 is 5.82 Å². The van der Waals surface area contributed by atoms with Gasteiger partial charge in [-0.15, -0.1) is 0 Å². The van der Waals surface area contributed by atoms with Gasteiger partial charge in [0.05, 0.1) is 6.20 Å². The third-order valence-corrected chi connectivity index (χ3v) is 5.50. The standard InChI is InChI=1S/C19H19ClFN5O/c20-18-16(21)9-24-19(25-18)26-10-14-13(15(14)11-26)5-7-23-17(27)4-3-12-2-1-6-22-8-12/h1-4,6,8-9,13-15H,5,7,10-11H2,(H,23,27)/b4-3+/t13?,14-,15?/m0/s1. The van der Waals surface area contributed by atoms with Crippen LogP contribution in [-0.4, -0.2) is 40.5 Å². The van der Waals surface area contributed by atoms with Crippen LogP contribution in [0.25, 0.3) is 6.08 Å². The molecule has 3 atom stereocenters. The molecule has 2 aliphatic rings. The SMILES string of the molecule is O=C(/C=C/c1cccnc1)NCCC1C2CN(c3ncc(F)c(Cl)n3)C[C@@H]12. The number of rotatable bonds is 6. The number of piperidine rings is 1. The van der Waals surface area contributed by atoms with Crippen LogP contribution in [0.1, 0.15) is 12.0 Å². The normalized spacial score (nSPS) is 23.5. The molecule has 0 bridgehead atoms. The Kier molecular flexibility index (Phi) is 5.03. The predicted molar refractivity (Wildman–Crippen MR) is 101 cm³/mol. The topological polar surface area (TPSA) is 71.0 Å². The monoisotopic (exact) mass is 387 g/mol. The third kappa shape index (κ3) is 4.08. The highest BCUT2D eigenvalue weighted by Crippen LogP contribution is 2.53. The molecule has 0 spiro atoms. The average Bonchev–Trinajstić information content (AvgIpc) is 3.12. The molecule has 1 saturated heterocycles. The molecule has 1 aliphatic carbocycles. The maximum Gasteiger partial charge on any atom is 0.244 e. The van der Waals surface area contributed by atoms with E-state index in [1.165, 1.54) is 6.08 Å². The van der Waals surface area contributed by atoms with Crippen LogP contribution in [0.15, 0.2) is 36.8 Å². The zero-order valence-corrected chi connectivity index (χ0v) is 15.3. The van der Waals surface area contributed by atoms with E-state index in [-0.39, 0.29) is 11.1 Å². The van der Waals surface area contributed by atoms with Gasteiger partial charge in [-0.05, 0) is 41.9 Å². The van der Waals surface area contributed by atoms with Gasteiger partial charge in [0, 0.05) is 38.1 Å². The van der Waals surface area contributed by atoms with Crippen LogP contribution >= 0.6 is 11.6 Å². The van der Waals surface area contributed by atoms with Crippen molar-refractivity contribution < 1.29 is 9.18 Å². The first-order valence-corrected chi connectivity index (χ1v) is 9.28. The Morgan fingerprint density at radius 2 is 2.19 bits per heavy atom. The number of nitrogens with one attached hydrogen (secondary N) is 1. The summed E-state index contributed by atoms with van der Waals surface area (Å²) >= 11 is 5.73. The zero-order chi connectivity index (χ0) is 18.8. The highest BCUT2D eigenvalue weighted by atomic mass is 35.5. The van der Waals surface area contributed by atoms with Crippen molar-refractivity contribution >= 4 is 29.5 Å². The number of amides is 1. The highest BCUT2D eigenvalue weighted by molar-refractivity contribution is 6.29. The third-order valence-electron chi connectivity index (χ3n) is 5.23. The lowest BCUT2D eigenvalue weighted by molar-refractivity contribution is -0.116. The van der Waals surface area contributed by atoms with Gasteiger partial charge in [0.2, 0.25) is 11.9 Å². The van der Waals surface area contributed by atoms with Crippen molar-refractivity contribution in [1.82, 2.24) is 20.3 Å². The number of aromatic nitrogens is 3. The molecule has 140 valence electrons. The Balaban J connectivity index is 1.19. The van der Waals surface area contributed by atoms with E-state index in [9.17, 15) is 9.18 Å². The van der Waals surface area contributed by atoms with E-state index in [1.54, 1.807) is 18.5 Å². The van der Waals surface area contributed by atoms with E-state index in [1.807, 2.05) is 17.0 Å². The zero-order valence-electron chi connectivity index (χ0n) is 14.6. The largest absolute Gasteiger partial charge is 0.353 e. The van der Waals surface area contributed by atoms with Crippen LogP contribution in [0.3, 0.4) is 0 Å². The molecule has 6 nitrogen and oxygen atoms in total. The first kappa shape index (κ1) is 17.9. The Morgan fingerprint density at radius 3 is 2.89 bits per heavy atom. The van der Waals surface area contributed by atoms with Crippen LogP contribution < -0.4 is 10.2 Å². The van der Waals surface area contributed by atoms with Gasteiger partial charge in [-0.25, -0.2) is 9.37 Å². The summed E-state index contributed by atoms with van der Waals surface area (Å²) in [6, 6.07) is 3.73. The lowest BCUT2D eigenvalue weighted by atomic mass is 10.2. The second kappa shape index (κ2) is 7.60. The molecule has 2 fully saturated rings. The molecule has 1 saturated carbocycles. The van der Waals surface area contributed by atoms with Crippen molar-refractivity contribution in [2.45, 2.75) is 6.42 Å². The molecule has 1 N–H and O–H groups in total. The van der Waals surface area contributed by atoms with Gasteiger partial charge in [-0.2, -0.15) is 4.98 Å². The lowest BCUT2D eigenvalue weighted by Gasteiger charge is -2.19. The van der Waals surface area contributed by atoms with Crippen molar-refractivity contribution in [2.24, 2.45) is 17.8 Å². The molecule has 2 aromatic heterocycles. The van der Waals surface area contributed by atoms with Gasteiger partial charge in [-0.3, -0.25) is 9.78 Å². The summed E-state index contributed by atoms with van der Waals surface area (Å²) < 4.78 is 13.2. The molecule has 0 aromatic carbocycles. The molecule has 27 heavy (non-hydrogen) atoms. The van der Waals surface area contributed by atoms with Gasteiger partial charge in [0.1, 0.15) is 0 Å². The number of pyridine rings is 1. The number of anilines is 1. The second-order valence-electron chi connectivity index (χ2n) is 6.90. The molecule has 1 amide bonds. The van der Waals surface area contributed by atoms with Crippen molar-refractivity contribution in [3.63, 3.8) is 0 Å². The molecule has 2 aromatic rings. The second-order valence-corrected chi connectivity index (χ2v) is 7.26. The van der Waals surface area contributed by atoms with E-state index in [0.717, 1.165) is 31.3 Å². The highest BCUT2D eigenvalue weighted by Gasteiger charge is 2.55. The Bertz CT molecular complexity index is 850. The maximum atomic E-state index is 13.2. The number of hydrogen-bond donors (Lipinski definition) is 1. The quantitative estimate of drug-likeness (QED) is 0.609. The minimum Gasteiger partial charge on any atom is -0.353 e. The number of halogens is 2. The van der Waals surface area contributed by atoms with Gasteiger partial charge in [0.25, 0.3) is 0 Å². The minimum absolute atomic E-state index is 0.0966. The molecule has 4 rings (SSSR count). The lowest BCUT2D eigenvalue weighted by Crippen LogP contribution is -2.27. The molecule has 2 unspecified atom stereocenters. The number of fused-ring (bicyclic) bond motifs is 1. The van der Waals surface area contributed by atoms with Crippen LogP contribution in [-0.2, 0) is 4.79 Å². The molecule has 0 radical (unpaired) electrons. The van der Waals surface area contributed by atoms with Gasteiger partial charge in [-0.1, -0.05) is 17.7 Å². The fraction of sp³-hybridized carbons (Fsp3) is 0.368. The number of carbonyl (C=O) groups excluding carboxylic acids is 1. The first-order chi connectivity index (χ1) is 13.1. The van der Waals surface area contributed by atoms with Gasteiger partial charge in [0.15, 0.2) is 11.0 Å². The molecule has 3 heterocycles. The average molecular weight is 388 g/mol. The maximum absolute atomic E-state index is 13.2. The van der Waals surface area contributed by atoms with Gasteiger partial charge >= 0.3 is 0 Å². The number of nitrogens with zero attached hydrogens (tertiary/aromatic N) is 4. The van der Waals surface area contributed by atoms with Crippen LogP contribution in [0.4, 0.5) is 10.3 Å². The summed E-state index contributed by atoms with van der Waals surface area (Å²) in [5.41, 5.74) is 0.896. The fourth-order valence-electron chi connectivity index (χ4n) is 3.80. The summed E-state index contributed by atoms with van der Waals surface area (Å²) in [5.74, 6) is 1.57. The number of hydrogen-bond acceptors (Lipinski definition) is 5. The Hall–Kier alpha value is -2.54. The fourth-order valence-corrected chi connectivity index (χ4v) is 3.92. The van der Waals surface area contributed by atoms with E-state index in [4.69, 9.17) is 11.6 Å². The summed E-state index contributed by atoms with van der Waals surface area (Å²) in [5, 5.41) is 2.79. The van der Waals surface area contributed by atoms with Crippen LogP contribution in [0.5, 0.6) is 0 Å². The number of carbonyl (C=O) groups is 1. The summed E-state index contributed by atoms with van der Waals surface area (Å²) in [6.07, 6.45) is 8.75. The van der Waals surface area contributed by atoms with Crippen LogP contribution in [0, 0.1) is 23.6 Å². The van der Waals surface area contributed by atoms with Crippen molar-refractivity contribution in [2.75, 3.05) is 24.5 Å². The molecule has 8 heteroatoms. The Labute approximate surface area is 161 Å². The Morgan fingerprint density at radius 1 is 1.37 bits per heavy atom. The van der Waals surface area contributed by atoms with E-state index in [2.05, 4.69) is 20.3 Å². The van der Waals surface area contributed by atoms with Crippen LogP contribution in [0.2, 0.25) is 5.15 Å². The van der Waals surface area contributed by atoms with Crippen molar-refractivity contribution in [3.05, 3.63) is 53.3 Å². The molecule has 1 aliphatic heterocycles.